The van der Waals surface area contributed by atoms with Gasteiger partial charge in [-0.05, 0) is 46.9 Å². The lowest BCUT2D eigenvalue weighted by molar-refractivity contribution is 1.000. The summed E-state index contributed by atoms with van der Waals surface area (Å²) in [7, 11) is 0. The predicted octanol–water partition coefficient (Wildman–Crippen LogP) is 4.48. The zero-order valence-electron chi connectivity index (χ0n) is 8.54. The van der Waals surface area contributed by atoms with Crippen molar-refractivity contribution in [3.05, 3.63) is 34.1 Å². The molecule has 0 saturated heterocycles. The van der Waals surface area contributed by atoms with Crippen LogP contribution in [-0.4, -0.2) is 0 Å². The van der Waals surface area contributed by atoms with Crippen LogP contribution in [0, 0.1) is 0 Å². The molecule has 0 aliphatic carbocycles. The molecule has 0 unspecified atom stereocenters. The second-order valence-corrected chi connectivity index (χ2v) is 5.18. The number of hydrogen-bond acceptors (Lipinski definition) is 2. The quantitative estimate of drug-likeness (QED) is 0.723. The fraction of sp³-hybridized carbons (Fsp3) is 0.333. The van der Waals surface area contributed by atoms with E-state index in [0.717, 1.165) is 12.8 Å². The van der Waals surface area contributed by atoms with Gasteiger partial charge in [-0.15, -0.1) is 0 Å². The Bertz CT molecular complexity index is 332. The average molecular weight is 222 g/mol. The van der Waals surface area contributed by atoms with Gasteiger partial charge in [-0.3, -0.25) is 0 Å². The van der Waals surface area contributed by atoms with E-state index in [0.29, 0.717) is 0 Å². The lowest BCUT2D eigenvalue weighted by atomic mass is 10.0. The van der Waals surface area contributed by atoms with Crippen LogP contribution in [0.5, 0.6) is 0 Å². The molecule has 0 fully saturated rings. The summed E-state index contributed by atoms with van der Waals surface area (Å²) in [6, 6.07) is 4.71. The Hall–Kier alpha value is -0.340. The van der Waals surface area contributed by atoms with Crippen molar-refractivity contribution in [1.29, 1.82) is 0 Å². The molecule has 0 radical (unpaired) electrons. The highest BCUT2D eigenvalue weighted by Crippen LogP contribution is 2.39. The number of fused-ring (bicyclic) bond motifs is 1. The summed E-state index contributed by atoms with van der Waals surface area (Å²) in [6.07, 6.45) is 2.29. The summed E-state index contributed by atoms with van der Waals surface area (Å²) in [5.74, 6) is 0. The highest BCUT2D eigenvalue weighted by molar-refractivity contribution is 8.08. The smallest absolute Gasteiger partial charge is 0.0258 e. The summed E-state index contributed by atoms with van der Waals surface area (Å²) in [6.45, 7) is 4.47. The molecule has 1 heterocycles. The maximum absolute atomic E-state index is 2.36. The molecule has 1 aliphatic heterocycles. The topological polar surface area (TPSA) is 0 Å². The molecule has 2 heteroatoms. The highest BCUT2D eigenvalue weighted by Gasteiger charge is 2.09. The second-order valence-electron chi connectivity index (χ2n) is 3.28. The summed E-state index contributed by atoms with van der Waals surface area (Å²) < 4.78 is 0. The molecular weight excluding hydrogens is 208 g/mol. The molecule has 0 bridgehead atoms. The molecule has 0 spiro atoms. The molecule has 0 N–H and O–H groups in total. The molecule has 1 aromatic carbocycles. The average Bonchev–Trinajstić information content (AvgIpc) is 2.27. The van der Waals surface area contributed by atoms with Crippen molar-refractivity contribution in [2.45, 2.75) is 36.5 Å². The number of rotatable bonds is 2. The molecule has 74 valence electrons. The van der Waals surface area contributed by atoms with Gasteiger partial charge in [0.05, 0.1) is 0 Å². The van der Waals surface area contributed by atoms with Crippen molar-refractivity contribution in [3.8, 4) is 0 Å². The molecule has 0 saturated carbocycles. The summed E-state index contributed by atoms with van der Waals surface area (Å²) in [5.41, 5.74) is 3.02. The molecule has 0 amide bonds. The van der Waals surface area contributed by atoms with E-state index in [1.807, 2.05) is 23.5 Å². The third-order valence-electron chi connectivity index (χ3n) is 2.47. The standard InChI is InChI=1S/C12H14S2/c1-3-9-7-11-12(8-10(9)4-2)14-6-5-13-11/h5-8H,3-4H2,1-2H3. The molecule has 0 nitrogen and oxygen atoms in total. The Morgan fingerprint density at radius 1 is 0.857 bits per heavy atom. The Labute approximate surface area is 94.2 Å². The number of aryl methyl sites for hydroxylation is 2. The van der Waals surface area contributed by atoms with Gasteiger partial charge in [0.15, 0.2) is 0 Å². The van der Waals surface area contributed by atoms with Crippen LogP contribution in [0.2, 0.25) is 0 Å². The summed E-state index contributed by atoms with van der Waals surface area (Å²) in [5, 5.41) is 4.33. The first-order valence-corrected chi connectivity index (χ1v) is 6.75. The first-order valence-electron chi connectivity index (χ1n) is 4.99. The Morgan fingerprint density at radius 3 is 1.64 bits per heavy atom. The van der Waals surface area contributed by atoms with Gasteiger partial charge in [-0.2, -0.15) is 0 Å². The van der Waals surface area contributed by atoms with E-state index >= 15 is 0 Å². The number of hydrogen-bond donors (Lipinski definition) is 0. The van der Waals surface area contributed by atoms with Crippen LogP contribution in [-0.2, 0) is 12.8 Å². The SMILES string of the molecule is CCc1cc2c(cc1CC)SC=CS2. The number of thioether (sulfide) groups is 2. The van der Waals surface area contributed by atoms with E-state index in [9.17, 15) is 0 Å². The lowest BCUT2D eigenvalue weighted by Crippen LogP contribution is -1.93. The normalized spacial score (nSPS) is 14.1. The van der Waals surface area contributed by atoms with Crippen LogP contribution in [0.25, 0.3) is 0 Å². The van der Waals surface area contributed by atoms with E-state index in [2.05, 4.69) is 36.8 Å². The minimum Gasteiger partial charge on any atom is -0.0963 e. The maximum atomic E-state index is 2.36. The van der Waals surface area contributed by atoms with Gasteiger partial charge in [-0.25, -0.2) is 0 Å². The largest absolute Gasteiger partial charge is 0.0963 e. The van der Waals surface area contributed by atoms with Gasteiger partial charge in [0.1, 0.15) is 0 Å². The monoisotopic (exact) mass is 222 g/mol. The summed E-state index contributed by atoms with van der Waals surface area (Å²) in [4.78, 5) is 2.85. The van der Waals surface area contributed by atoms with Gasteiger partial charge in [0.2, 0.25) is 0 Å². The lowest BCUT2D eigenvalue weighted by Gasteiger charge is -2.14. The molecule has 1 aromatic rings. The van der Waals surface area contributed by atoms with E-state index in [4.69, 9.17) is 0 Å². The van der Waals surface area contributed by atoms with Crippen LogP contribution < -0.4 is 0 Å². The highest BCUT2D eigenvalue weighted by atomic mass is 32.2. The van der Waals surface area contributed by atoms with Crippen molar-refractivity contribution in [2.24, 2.45) is 0 Å². The van der Waals surface area contributed by atoms with Gasteiger partial charge < -0.3 is 0 Å². The second kappa shape index (κ2) is 4.45. The molecule has 14 heavy (non-hydrogen) atoms. The third kappa shape index (κ3) is 1.86. The molecular formula is C12H14S2. The summed E-state index contributed by atoms with van der Waals surface area (Å²) >= 11 is 3.67. The van der Waals surface area contributed by atoms with Gasteiger partial charge in [0, 0.05) is 9.79 Å². The molecule has 0 atom stereocenters. The fourth-order valence-electron chi connectivity index (χ4n) is 1.69. The van der Waals surface area contributed by atoms with Gasteiger partial charge >= 0.3 is 0 Å². The first kappa shape index (κ1) is 10.2. The van der Waals surface area contributed by atoms with Gasteiger partial charge in [-0.1, -0.05) is 37.4 Å². The molecule has 2 rings (SSSR count). The van der Waals surface area contributed by atoms with Crippen LogP contribution in [0.3, 0.4) is 0 Å². The predicted molar refractivity (Wildman–Crippen MR) is 66.1 cm³/mol. The number of benzene rings is 1. The van der Waals surface area contributed by atoms with Crippen LogP contribution in [0.4, 0.5) is 0 Å². The maximum Gasteiger partial charge on any atom is 0.0258 e. The third-order valence-corrected chi connectivity index (χ3v) is 4.50. The Kier molecular flexibility index (Phi) is 3.24. The molecule has 0 aromatic heterocycles. The van der Waals surface area contributed by atoms with Crippen molar-refractivity contribution in [3.63, 3.8) is 0 Å². The Morgan fingerprint density at radius 2 is 1.29 bits per heavy atom. The van der Waals surface area contributed by atoms with E-state index in [1.54, 1.807) is 0 Å². The van der Waals surface area contributed by atoms with Crippen LogP contribution >= 0.6 is 23.5 Å². The minimum absolute atomic E-state index is 1.14. The Balaban J connectivity index is 2.46. The van der Waals surface area contributed by atoms with Crippen LogP contribution in [0.15, 0.2) is 32.7 Å². The fourth-order valence-corrected chi connectivity index (χ4v) is 3.49. The zero-order valence-corrected chi connectivity index (χ0v) is 10.2. The molecule has 1 aliphatic rings. The van der Waals surface area contributed by atoms with E-state index in [1.165, 1.54) is 20.9 Å². The van der Waals surface area contributed by atoms with E-state index < -0.39 is 0 Å². The van der Waals surface area contributed by atoms with Crippen molar-refractivity contribution in [1.82, 2.24) is 0 Å². The zero-order chi connectivity index (χ0) is 9.97. The van der Waals surface area contributed by atoms with E-state index in [-0.39, 0.29) is 0 Å². The van der Waals surface area contributed by atoms with Gasteiger partial charge in [0.25, 0.3) is 0 Å². The minimum atomic E-state index is 1.14. The van der Waals surface area contributed by atoms with Crippen molar-refractivity contribution < 1.29 is 0 Å². The first-order chi connectivity index (χ1) is 6.85. The van der Waals surface area contributed by atoms with Crippen molar-refractivity contribution in [2.75, 3.05) is 0 Å². The van der Waals surface area contributed by atoms with Crippen LogP contribution in [0.1, 0.15) is 25.0 Å². The van der Waals surface area contributed by atoms with Crippen molar-refractivity contribution >= 4 is 23.5 Å².